The molecule has 1 rings (SSSR count). The highest BCUT2D eigenvalue weighted by molar-refractivity contribution is 5.67. The lowest BCUT2D eigenvalue weighted by Gasteiger charge is -2.36. The summed E-state index contributed by atoms with van der Waals surface area (Å²) in [7, 11) is 0. The average molecular weight is 189 g/mol. The maximum atomic E-state index is 12.8. The predicted molar refractivity (Wildman–Crippen MR) is 47.1 cm³/mol. The average Bonchev–Trinajstić information content (AvgIpc) is 2.09. The minimum absolute atomic E-state index is 0.0796. The van der Waals surface area contributed by atoms with Gasteiger partial charge in [-0.1, -0.05) is 0 Å². The highest BCUT2D eigenvalue weighted by Crippen LogP contribution is 2.39. The number of hydrogen-bond donors (Lipinski definition) is 2. The lowest BCUT2D eigenvalue weighted by molar-refractivity contribution is -0.140. The molecule has 3 nitrogen and oxygen atoms in total. The molecule has 0 aromatic heterocycles. The molecule has 0 spiro atoms. The molecular formula is C9H16FNO2. The molecule has 0 aromatic rings. The van der Waals surface area contributed by atoms with E-state index in [-0.39, 0.29) is 11.8 Å². The van der Waals surface area contributed by atoms with Crippen molar-refractivity contribution in [1.29, 1.82) is 0 Å². The molecule has 0 bridgehead atoms. The van der Waals surface area contributed by atoms with Crippen LogP contribution in [0.3, 0.4) is 0 Å². The van der Waals surface area contributed by atoms with Crippen LogP contribution in [0.5, 0.6) is 0 Å². The van der Waals surface area contributed by atoms with Crippen molar-refractivity contribution >= 4 is 5.97 Å². The van der Waals surface area contributed by atoms with E-state index in [1.54, 1.807) is 0 Å². The molecule has 1 aliphatic carbocycles. The number of rotatable bonds is 3. The fraction of sp³-hybridized carbons (Fsp3) is 0.889. The molecular weight excluding hydrogens is 173 g/mol. The first-order valence-electron chi connectivity index (χ1n) is 4.64. The molecule has 4 heteroatoms. The van der Waals surface area contributed by atoms with Gasteiger partial charge < -0.3 is 10.8 Å². The number of alkyl halides is 1. The van der Waals surface area contributed by atoms with Crippen molar-refractivity contribution in [2.45, 2.75) is 38.3 Å². The van der Waals surface area contributed by atoms with E-state index in [1.165, 1.54) is 0 Å². The summed E-state index contributed by atoms with van der Waals surface area (Å²) >= 11 is 0. The van der Waals surface area contributed by atoms with Gasteiger partial charge in [-0.2, -0.15) is 0 Å². The molecule has 0 amide bonds. The van der Waals surface area contributed by atoms with Gasteiger partial charge in [-0.15, -0.1) is 0 Å². The van der Waals surface area contributed by atoms with E-state index in [2.05, 4.69) is 0 Å². The standard InChI is InChI=1S/C9H16FNO2/c10-7-1-3-9(6-11,4-2-7)5-8(12)13/h7H,1-6,11H2,(H,12,13). The number of carboxylic acid groups (broad SMARTS) is 1. The minimum Gasteiger partial charge on any atom is -0.481 e. The van der Waals surface area contributed by atoms with Crippen LogP contribution in [0.25, 0.3) is 0 Å². The number of carbonyl (C=O) groups is 1. The zero-order valence-corrected chi connectivity index (χ0v) is 7.63. The Kier molecular flexibility index (Phi) is 3.25. The van der Waals surface area contributed by atoms with Gasteiger partial charge in [0.15, 0.2) is 0 Å². The number of halogens is 1. The Labute approximate surface area is 77.1 Å². The molecule has 0 unspecified atom stereocenters. The van der Waals surface area contributed by atoms with Gasteiger partial charge in [-0.05, 0) is 37.6 Å². The quantitative estimate of drug-likeness (QED) is 0.703. The number of carboxylic acids is 1. The predicted octanol–water partition coefficient (Wildman–Crippen LogP) is 1.32. The summed E-state index contributed by atoms with van der Waals surface area (Å²) in [6.45, 7) is 0.353. The highest BCUT2D eigenvalue weighted by atomic mass is 19.1. The molecule has 1 fully saturated rings. The first-order valence-corrected chi connectivity index (χ1v) is 4.64. The molecule has 76 valence electrons. The van der Waals surface area contributed by atoms with Gasteiger partial charge in [0.05, 0.1) is 6.42 Å². The fourth-order valence-electron chi connectivity index (χ4n) is 1.97. The van der Waals surface area contributed by atoms with E-state index in [0.29, 0.717) is 32.2 Å². The van der Waals surface area contributed by atoms with Crippen LogP contribution < -0.4 is 5.73 Å². The van der Waals surface area contributed by atoms with Gasteiger partial charge in [0.1, 0.15) is 6.17 Å². The third kappa shape index (κ3) is 2.66. The SMILES string of the molecule is NCC1(CC(=O)O)CCC(F)CC1. The second-order valence-corrected chi connectivity index (χ2v) is 3.95. The van der Waals surface area contributed by atoms with E-state index in [1.807, 2.05) is 0 Å². The Bertz CT molecular complexity index is 188. The van der Waals surface area contributed by atoms with Crippen LogP contribution in [0, 0.1) is 5.41 Å². The summed E-state index contributed by atoms with van der Waals surface area (Å²) in [5.74, 6) is -0.831. The van der Waals surface area contributed by atoms with E-state index >= 15 is 0 Å². The van der Waals surface area contributed by atoms with Gasteiger partial charge in [-0.3, -0.25) is 4.79 Å². The van der Waals surface area contributed by atoms with Crippen molar-refractivity contribution in [2.24, 2.45) is 11.1 Å². The van der Waals surface area contributed by atoms with Crippen LogP contribution in [0.15, 0.2) is 0 Å². The first-order chi connectivity index (χ1) is 6.08. The van der Waals surface area contributed by atoms with Crippen molar-refractivity contribution in [1.82, 2.24) is 0 Å². The van der Waals surface area contributed by atoms with Gasteiger partial charge in [0, 0.05) is 0 Å². The smallest absolute Gasteiger partial charge is 0.303 e. The summed E-state index contributed by atoms with van der Waals surface area (Å²) < 4.78 is 12.8. The van der Waals surface area contributed by atoms with Crippen LogP contribution in [0.1, 0.15) is 32.1 Å². The second kappa shape index (κ2) is 4.05. The summed E-state index contributed by atoms with van der Waals surface area (Å²) in [5.41, 5.74) is 5.21. The van der Waals surface area contributed by atoms with Crippen LogP contribution in [-0.2, 0) is 4.79 Å². The Morgan fingerprint density at radius 1 is 1.54 bits per heavy atom. The van der Waals surface area contributed by atoms with E-state index in [0.717, 1.165) is 0 Å². The van der Waals surface area contributed by atoms with Crippen LogP contribution in [-0.4, -0.2) is 23.8 Å². The van der Waals surface area contributed by atoms with Crippen molar-refractivity contribution in [3.8, 4) is 0 Å². The highest BCUT2D eigenvalue weighted by Gasteiger charge is 2.36. The maximum absolute atomic E-state index is 12.8. The van der Waals surface area contributed by atoms with Crippen molar-refractivity contribution < 1.29 is 14.3 Å². The molecule has 13 heavy (non-hydrogen) atoms. The largest absolute Gasteiger partial charge is 0.481 e. The monoisotopic (exact) mass is 189 g/mol. The Morgan fingerprint density at radius 3 is 2.46 bits per heavy atom. The number of aliphatic carboxylic acids is 1. The molecule has 0 aliphatic heterocycles. The van der Waals surface area contributed by atoms with Crippen molar-refractivity contribution in [3.05, 3.63) is 0 Å². The summed E-state index contributed by atoms with van der Waals surface area (Å²) in [6, 6.07) is 0. The van der Waals surface area contributed by atoms with Gasteiger partial charge in [-0.25, -0.2) is 4.39 Å². The molecule has 0 radical (unpaired) electrons. The van der Waals surface area contributed by atoms with Gasteiger partial charge >= 0.3 is 5.97 Å². The second-order valence-electron chi connectivity index (χ2n) is 3.95. The lowest BCUT2D eigenvalue weighted by atomic mass is 9.71. The molecule has 1 aliphatic rings. The van der Waals surface area contributed by atoms with Crippen LogP contribution >= 0.6 is 0 Å². The fourth-order valence-corrected chi connectivity index (χ4v) is 1.97. The molecule has 3 N–H and O–H groups in total. The van der Waals surface area contributed by atoms with Gasteiger partial charge in [0.25, 0.3) is 0 Å². The van der Waals surface area contributed by atoms with E-state index in [9.17, 15) is 9.18 Å². The third-order valence-electron chi connectivity index (χ3n) is 2.94. The molecule has 0 saturated heterocycles. The summed E-state index contributed by atoms with van der Waals surface area (Å²) in [6.07, 6.45) is 1.47. The summed E-state index contributed by atoms with van der Waals surface area (Å²) in [5, 5.41) is 8.68. The molecule has 0 atom stereocenters. The topological polar surface area (TPSA) is 63.3 Å². The minimum atomic E-state index is -0.831. The first kappa shape index (κ1) is 10.4. The third-order valence-corrected chi connectivity index (χ3v) is 2.94. The molecule has 1 saturated carbocycles. The Hall–Kier alpha value is -0.640. The van der Waals surface area contributed by atoms with E-state index in [4.69, 9.17) is 10.8 Å². The maximum Gasteiger partial charge on any atom is 0.303 e. The van der Waals surface area contributed by atoms with Crippen LogP contribution in [0.2, 0.25) is 0 Å². The number of hydrogen-bond acceptors (Lipinski definition) is 2. The summed E-state index contributed by atoms with van der Waals surface area (Å²) in [4.78, 5) is 10.6. The van der Waals surface area contributed by atoms with Gasteiger partial charge in [0.2, 0.25) is 0 Å². The number of nitrogens with two attached hydrogens (primary N) is 1. The zero-order valence-electron chi connectivity index (χ0n) is 7.63. The zero-order chi connectivity index (χ0) is 9.90. The van der Waals surface area contributed by atoms with Crippen molar-refractivity contribution in [3.63, 3.8) is 0 Å². The normalized spacial score (nSPS) is 34.5. The van der Waals surface area contributed by atoms with Crippen molar-refractivity contribution in [2.75, 3.05) is 6.54 Å². The lowest BCUT2D eigenvalue weighted by Crippen LogP contribution is -2.37. The molecule has 0 heterocycles. The Morgan fingerprint density at radius 2 is 2.08 bits per heavy atom. The van der Waals surface area contributed by atoms with Crippen LogP contribution in [0.4, 0.5) is 4.39 Å². The van der Waals surface area contributed by atoms with E-state index < -0.39 is 12.1 Å². The Balaban J connectivity index is 2.55. The molecule has 0 aromatic carbocycles.